The van der Waals surface area contributed by atoms with Crippen molar-refractivity contribution in [1.29, 1.82) is 0 Å². The average molecular weight is 320 g/mol. The number of hydrogen-bond acceptors (Lipinski definition) is 4. The van der Waals surface area contributed by atoms with Crippen LogP contribution in [0.25, 0.3) is 0 Å². The van der Waals surface area contributed by atoms with Gasteiger partial charge in [0.05, 0.1) is 22.5 Å². The summed E-state index contributed by atoms with van der Waals surface area (Å²) in [6, 6.07) is 0. The number of pyridine rings is 1. The van der Waals surface area contributed by atoms with E-state index in [4.69, 9.17) is 15.0 Å². The van der Waals surface area contributed by atoms with E-state index in [2.05, 4.69) is 4.98 Å². The third-order valence-electron chi connectivity index (χ3n) is 4.15. The Morgan fingerprint density at radius 2 is 1.55 bits per heavy atom. The standard InChI is InChI=1S/C13H17BF4N2O2/c1-6-7(13(16,17)18)8(9(15)10(19)20-6)14-21-11(2,3)12(4,5)22-14/h1-5H3,(H2,19,20). The number of nitrogens with two attached hydrogens (primary N) is 1. The minimum atomic E-state index is -4.80. The topological polar surface area (TPSA) is 57.4 Å². The zero-order valence-corrected chi connectivity index (χ0v) is 12.9. The number of nitrogen functional groups attached to an aromatic ring is 1. The Morgan fingerprint density at radius 3 is 1.95 bits per heavy atom. The second-order valence-electron chi connectivity index (χ2n) is 6.27. The highest BCUT2D eigenvalue weighted by Crippen LogP contribution is 2.39. The number of aryl methyl sites for hydroxylation is 1. The molecule has 1 aromatic heterocycles. The Hall–Kier alpha value is -1.35. The zero-order valence-electron chi connectivity index (χ0n) is 12.9. The second-order valence-corrected chi connectivity index (χ2v) is 6.27. The number of hydrogen-bond donors (Lipinski definition) is 1. The van der Waals surface area contributed by atoms with Crippen LogP contribution in [0.15, 0.2) is 0 Å². The lowest BCUT2D eigenvalue weighted by Crippen LogP contribution is -2.43. The number of anilines is 1. The van der Waals surface area contributed by atoms with Crippen LogP contribution in [0.4, 0.5) is 23.4 Å². The van der Waals surface area contributed by atoms with E-state index in [0.717, 1.165) is 6.92 Å². The maximum atomic E-state index is 14.3. The molecule has 2 heterocycles. The molecule has 0 spiro atoms. The molecule has 9 heteroatoms. The predicted octanol–water partition coefficient (Wildman–Crippen LogP) is 2.43. The minimum absolute atomic E-state index is 0.420. The van der Waals surface area contributed by atoms with Gasteiger partial charge in [-0.25, -0.2) is 9.37 Å². The quantitative estimate of drug-likeness (QED) is 0.638. The molecule has 4 nitrogen and oxygen atoms in total. The molecule has 1 fully saturated rings. The Balaban J connectivity index is 2.66. The molecule has 0 amide bonds. The second kappa shape index (κ2) is 4.82. The van der Waals surface area contributed by atoms with Crippen LogP contribution in [-0.4, -0.2) is 23.3 Å². The van der Waals surface area contributed by atoms with Crippen molar-refractivity contribution in [3.05, 3.63) is 17.1 Å². The van der Waals surface area contributed by atoms with Gasteiger partial charge in [0.25, 0.3) is 0 Å². The van der Waals surface area contributed by atoms with Crippen LogP contribution in [0, 0.1) is 12.7 Å². The van der Waals surface area contributed by atoms with Crippen LogP contribution in [0.1, 0.15) is 39.0 Å². The van der Waals surface area contributed by atoms with Crippen LogP contribution in [0.5, 0.6) is 0 Å². The first-order valence-corrected chi connectivity index (χ1v) is 6.66. The number of nitrogens with zero attached hydrogens (tertiary/aromatic N) is 1. The van der Waals surface area contributed by atoms with Gasteiger partial charge in [-0.15, -0.1) is 0 Å². The SMILES string of the molecule is Cc1nc(N)c(F)c(B2OC(C)(C)C(C)(C)O2)c1C(F)(F)F. The maximum Gasteiger partial charge on any atom is 0.498 e. The summed E-state index contributed by atoms with van der Waals surface area (Å²) in [7, 11) is -1.51. The van der Waals surface area contributed by atoms with Crippen molar-refractivity contribution in [2.45, 2.75) is 52.0 Å². The molecule has 1 aromatic rings. The fourth-order valence-electron chi connectivity index (χ4n) is 2.27. The molecule has 2 N–H and O–H groups in total. The summed E-state index contributed by atoms with van der Waals surface area (Å²) in [5.74, 6) is -1.88. The highest BCUT2D eigenvalue weighted by atomic mass is 19.4. The molecule has 0 bridgehead atoms. The molecule has 0 aliphatic carbocycles. The Morgan fingerprint density at radius 1 is 1.09 bits per heavy atom. The van der Waals surface area contributed by atoms with Gasteiger partial charge in [0.1, 0.15) is 0 Å². The Kier molecular flexibility index (Phi) is 3.73. The van der Waals surface area contributed by atoms with Gasteiger partial charge in [-0.2, -0.15) is 13.2 Å². The normalized spacial score (nSPS) is 20.5. The third kappa shape index (κ3) is 2.56. The molecule has 2 rings (SSSR count). The summed E-state index contributed by atoms with van der Waals surface area (Å²) in [6.07, 6.45) is -4.80. The van der Waals surface area contributed by atoms with E-state index in [1.165, 1.54) is 0 Å². The molecule has 1 aliphatic heterocycles. The van der Waals surface area contributed by atoms with Crippen LogP contribution in [0.3, 0.4) is 0 Å². The highest BCUT2D eigenvalue weighted by Gasteiger charge is 2.55. The van der Waals surface area contributed by atoms with Gasteiger partial charge in [-0.3, -0.25) is 0 Å². The minimum Gasteiger partial charge on any atom is -0.399 e. The lowest BCUT2D eigenvalue weighted by atomic mass is 9.75. The molecule has 122 valence electrons. The summed E-state index contributed by atoms with van der Waals surface area (Å²) < 4.78 is 65.2. The van der Waals surface area contributed by atoms with Crippen LogP contribution in [0.2, 0.25) is 0 Å². The highest BCUT2D eigenvalue weighted by molar-refractivity contribution is 6.63. The molecule has 0 aromatic carbocycles. The summed E-state index contributed by atoms with van der Waals surface area (Å²) in [5.41, 5.74) is 1.18. The van der Waals surface area contributed by atoms with Crippen molar-refractivity contribution in [2.24, 2.45) is 0 Å². The van der Waals surface area contributed by atoms with Crippen molar-refractivity contribution >= 4 is 18.4 Å². The van der Waals surface area contributed by atoms with Crippen LogP contribution in [-0.2, 0) is 15.5 Å². The molecule has 1 aliphatic rings. The van der Waals surface area contributed by atoms with E-state index in [0.29, 0.717) is 0 Å². The average Bonchev–Trinajstić information content (AvgIpc) is 2.50. The van der Waals surface area contributed by atoms with Crippen molar-refractivity contribution < 1.29 is 26.9 Å². The summed E-state index contributed by atoms with van der Waals surface area (Å²) in [5, 5.41) is 0. The van der Waals surface area contributed by atoms with Gasteiger partial charge >= 0.3 is 13.3 Å². The smallest absolute Gasteiger partial charge is 0.399 e. The summed E-state index contributed by atoms with van der Waals surface area (Å²) in [6.45, 7) is 7.77. The van der Waals surface area contributed by atoms with E-state index in [9.17, 15) is 17.6 Å². The molecule has 0 atom stereocenters. The number of alkyl halides is 3. The molecule has 0 unspecified atom stereocenters. The number of rotatable bonds is 1. The van der Waals surface area contributed by atoms with Gasteiger partial charge in [-0.1, -0.05) is 0 Å². The van der Waals surface area contributed by atoms with Crippen molar-refractivity contribution in [1.82, 2.24) is 4.98 Å². The van der Waals surface area contributed by atoms with Crippen molar-refractivity contribution in [2.75, 3.05) is 5.73 Å². The molecule has 0 saturated carbocycles. The first-order valence-electron chi connectivity index (χ1n) is 6.66. The Labute approximate surface area is 126 Å². The zero-order chi connectivity index (χ0) is 17.1. The molecule has 1 saturated heterocycles. The largest absolute Gasteiger partial charge is 0.498 e. The number of halogens is 4. The predicted molar refractivity (Wildman–Crippen MR) is 74.1 cm³/mol. The van der Waals surface area contributed by atoms with E-state index in [1.807, 2.05) is 0 Å². The number of aromatic nitrogens is 1. The monoisotopic (exact) mass is 320 g/mol. The first kappa shape index (κ1) is 17.0. The van der Waals surface area contributed by atoms with E-state index < -0.39 is 52.9 Å². The summed E-state index contributed by atoms with van der Waals surface area (Å²) >= 11 is 0. The fraction of sp³-hybridized carbons (Fsp3) is 0.615. The first-order chi connectivity index (χ1) is 9.78. The van der Waals surface area contributed by atoms with Gasteiger partial charge in [0.15, 0.2) is 11.6 Å². The van der Waals surface area contributed by atoms with Gasteiger partial charge in [-0.05, 0) is 34.6 Å². The van der Waals surface area contributed by atoms with Crippen molar-refractivity contribution in [3.63, 3.8) is 0 Å². The van der Waals surface area contributed by atoms with E-state index in [1.54, 1.807) is 27.7 Å². The molecule has 22 heavy (non-hydrogen) atoms. The van der Waals surface area contributed by atoms with Crippen LogP contribution < -0.4 is 11.2 Å². The van der Waals surface area contributed by atoms with Crippen molar-refractivity contribution in [3.8, 4) is 0 Å². The Bertz CT molecular complexity index is 601. The lowest BCUT2D eigenvalue weighted by Gasteiger charge is -2.32. The molecular formula is C13H17BF4N2O2. The maximum absolute atomic E-state index is 14.3. The summed E-state index contributed by atoms with van der Waals surface area (Å²) in [4.78, 5) is 3.42. The van der Waals surface area contributed by atoms with E-state index in [-0.39, 0.29) is 0 Å². The van der Waals surface area contributed by atoms with Gasteiger partial charge < -0.3 is 15.0 Å². The van der Waals surface area contributed by atoms with Gasteiger partial charge in [0, 0.05) is 5.46 Å². The van der Waals surface area contributed by atoms with Gasteiger partial charge in [0.2, 0.25) is 0 Å². The van der Waals surface area contributed by atoms with E-state index >= 15 is 0 Å². The molecular weight excluding hydrogens is 303 g/mol. The third-order valence-corrected chi connectivity index (χ3v) is 4.15. The molecule has 0 radical (unpaired) electrons. The lowest BCUT2D eigenvalue weighted by molar-refractivity contribution is -0.137. The fourth-order valence-corrected chi connectivity index (χ4v) is 2.27. The van der Waals surface area contributed by atoms with Crippen LogP contribution >= 0.6 is 0 Å².